The molecule has 17 heavy (non-hydrogen) atoms. The molecule has 3 N–H and O–H groups in total. The first-order valence-corrected chi connectivity index (χ1v) is 6.85. The molecule has 0 aliphatic carbocycles. The topological polar surface area (TPSA) is 89.6 Å². The average molecular weight is 257 g/mol. The monoisotopic (exact) mass is 257 g/mol. The molecular weight excluding hydrogens is 242 g/mol. The van der Waals surface area contributed by atoms with Gasteiger partial charge in [0, 0.05) is 12.0 Å². The van der Waals surface area contributed by atoms with Crippen LogP contribution < -0.4 is 5.73 Å². The van der Waals surface area contributed by atoms with Gasteiger partial charge in [0.1, 0.15) is 5.25 Å². The third-order valence-corrected chi connectivity index (χ3v) is 4.27. The number of hydrogen-bond acceptors (Lipinski definition) is 4. The predicted octanol–water partition coefficient (Wildman–Crippen LogP) is 0.589. The van der Waals surface area contributed by atoms with Crippen LogP contribution in [0.2, 0.25) is 0 Å². The normalized spacial score (nSPS) is 26.9. The Kier molecular flexibility index (Phi) is 3.48. The number of nitrogens with two attached hydrogens (primary N) is 1. The summed E-state index contributed by atoms with van der Waals surface area (Å²) in [7, 11) is -4.19. The van der Waals surface area contributed by atoms with Crippen molar-refractivity contribution in [2.24, 2.45) is 11.7 Å². The molecule has 5 nitrogen and oxygen atoms in total. The fourth-order valence-corrected chi connectivity index (χ4v) is 3.41. The van der Waals surface area contributed by atoms with E-state index in [-0.39, 0.29) is 12.6 Å². The Morgan fingerprint density at radius 1 is 1.29 bits per heavy atom. The summed E-state index contributed by atoms with van der Waals surface area (Å²) in [6, 6.07) is 8.22. The number of ether oxygens (including phenoxy) is 1. The lowest BCUT2D eigenvalue weighted by molar-refractivity contribution is 0.183. The van der Waals surface area contributed by atoms with Crippen molar-refractivity contribution in [2.45, 2.75) is 11.3 Å². The van der Waals surface area contributed by atoms with E-state index < -0.39 is 21.3 Å². The summed E-state index contributed by atoms with van der Waals surface area (Å²) in [5, 5.41) is -1.01. The molecule has 1 heterocycles. The van der Waals surface area contributed by atoms with Gasteiger partial charge in [0.2, 0.25) is 0 Å². The summed E-state index contributed by atoms with van der Waals surface area (Å²) in [5.74, 6) is -0.410. The zero-order valence-corrected chi connectivity index (χ0v) is 10.0. The largest absolute Gasteiger partial charge is 0.379 e. The summed E-state index contributed by atoms with van der Waals surface area (Å²) in [5.41, 5.74) is 6.36. The maximum absolute atomic E-state index is 11.5. The van der Waals surface area contributed by atoms with Crippen molar-refractivity contribution in [3.05, 3.63) is 35.9 Å². The molecule has 3 atom stereocenters. The van der Waals surface area contributed by atoms with Gasteiger partial charge in [-0.3, -0.25) is 4.55 Å². The van der Waals surface area contributed by atoms with Gasteiger partial charge in [0.15, 0.2) is 0 Å². The lowest BCUT2D eigenvalue weighted by atomic mass is 9.95. The van der Waals surface area contributed by atoms with Gasteiger partial charge in [0.05, 0.1) is 13.2 Å². The Morgan fingerprint density at radius 3 is 2.41 bits per heavy atom. The van der Waals surface area contributed by atoms with E-state index in [1.54, 1.807) is 30.3 Å². The van der Waals surface area contributed by atoms with Crippen LogP contribution in [0.1, 0.15) is 10.8 Å². The summed E-state index contributed by atoms with van der Waals surface area (Å²) in [6.45, 7) is 0.573. The minimum Gasteiger partial charge on any atom is -0.379 e. The van der Waals surface area contributed by atoms with Crippen LogP contribution >= 0.6 is 0 Å². The summed E-state index contributed by atoms with van der Waals surface area (Å²) in [4.78, 5) is 0. The van der Waals surface area contributed by atoms with Gasteiger partial charge < -0.3 is 10.5 Å². The van der Waals surface area contributed by atoms with Crippen molar-refractivity contribution >= 4 is 10.1 Å². The van der Waals surface area contributed by atoms with Gasteiger partial charge in [-0.05, 0) is 5.56 Å². The first-order chi connectivity index (χ1) is 8.00. The maximum Gasteiger partial charge on any atom is 0.272 e. The molecule has 0 amide bonds. The van der Waals surface area contributed by atoms with E-state index in [1.807, 2.05) is 0 Å². The van der Waals surface area contributed by atoms with Crippen molar-refractivity contribution in [3.63, 3.8) is 0 Å². The first kappa shape index (κ1) is 12.5. The molecule has 2 unspecified atom stereocenters. The lowest BCUT2D eigenvalue weighted by Gasteiger charge is -2.22. The van der Waals surface area contributed by atoms with Crippen molar-refractivity contribution in [1.29, 1.82) is 0 Å². The van der Waals surface area contributed by atoms with Crippen LogP contribution in [0, 0.1) is 5.92 Å². The van der Waals surface area contributed by atoms with E-state index in [0.717, 1.165) is 0 Å². The second-order valence-corrected chi connectivity index (χ2v) is 5.75. The highest BCUT2D eigenvalue weighted by Crippen LogP contribution is 2.34. The molecule has 94 valence electrons. The Balaban J connectivity index is 2.39. The summed E-state index contributed by atoms with van der Waals surface area (Å²) >= 11 is 0. The van der Waals surface area contributed by atoms with Gasteiger partial charge in [-0.25, -0.2) is 0 Å². The lowest BCUT2D eigenvalue weighted by Crippen LogP contribution is -2.35. The SMILES string of the molecule is NC1COCC1[C@@H](c1ccccc1)S(=O)(=O)O. The number of benzene rings is 1. The average Bonchev–Trinajstić information content (AvgIpc) is 2.65. The molecule has 1 aromatic carbocycles. The van der Waals surface area contributed by atoms with Crippen LogP contribution in [0.25, 0.3) is 0 Å². The van der Waals surface area contributed by atoms with E-state index in [0.29, 0.717) is 12.2 Å². The second-order valence-electron chi connectivity index (χ2n) is 4.21. The Labute approximate surface area is 100 Å². The highest BCUT2D eigenvalue weighted by Gasteiger charge is 2.40. The second kappa shape index (κ2) is 4.73. The smallest absolute Gasteiger partial charge is 0.272 e. The molecule has 0 aromatic heterocycles. The van der Waals surface area contributed by atoms with Gasteiger partial charge in [-0.15, -0.1) is 0 Å². The highest BCUT2D eigenvalue weighted by atomic mass is 32.2. The van der Waals surface area contributed by atoms with Crippen LogP contribution in [0.4, 0.5) is 0 Å². The standard InChI is InChI=1S/C11H15NO4S/c12-10-7-16-6-9(10)11(17(13,14)15)8-4-2-1-3-5-8/h1-5,9-11H,6-7,12H2,(H,13,14,15)/t9?,10?,11-/m1/s1. The molecule has 1 saturated heterocycles. The Morgan fingerprint density at radius 2 is 1.94 bits per heavy atom. The molecule has 1 aliphatic heterocycles. The van der Waals surface area contributed by atoms with E-state index in [9.17, 15) is 13.0 Å². The third-order valence-electron chi connectivity index (χ3n) is 3.01. The predicted molar refractivity (Wildman–Crippen MR) is 63.0 cm³/mol. The van der Waals surface area contributed by atoms with Crippen LogP contribution in [0.3, 0.4) is 0 Å². The zero-order valence-electron chi connectivity index (χ0n) is 9.19. The van der Waals surface area contributed by atoms with Gasteiger partial charge >= 0.3 is 0 Å². The minimum atomic E-state index is -4.19. The number of hydrogen-bond donors (Lipinski definition) is 2. The minimum absolute atomic E-state index is 0.251. The molecule has 1 aromatic rings. The molecular formula is C11H15NO4S. The number of rotatable bonds is 3. The highest BCUT2D eigenvalue weighted by molar-refractivity contribution is 7.86. The fourth-order valence-electron chi connectivity index (χ4n) is 2.18. The Hall–Kier alpha value is -0.950. The summed E-state index contributed by atoms with van der Waals surface area (Å²) < 4.78 is 37.6. The van der Waals surface area contributed by atoms with E-state index in [4.69, 9.17) is 10.5 Å². The van der Waals surface area contributed by atoms with Crippen molar-refractivity contribution in [2.75, 3.05) is 13.2 Å². The van der Waals surface area contributed by atoms with Gasteiger partial charge in [-0.1, -0.05) is 30.3 Å². The van der Waals surface area contributed by atoms with Crippen molar-refractivity contribution < 1.29 is 17.7 Å². The molecule has 2 rings (SSSR count). The van der Waals surface area contributed by atoms with E-state index in [1.165, 1.54) is 0 Å². The molecule has 0 spiro atoms. The summed E-state index contributed by atoms with van der Waals surface area (Å²) in [6.07, 6.45) is 0. The first-order valence-electron chi connectivity index (χ1n) is 5.34. The van der Waals surface area contributed by atoms with Gasteiger partial charge in [0.25, 0.3) is 10.1 Å². The van der Waals surface area contributed by atoms with Crippen LogP contribution in [-0.2, 0) is 14.9 Å². The van der Waals surface area contributed by atoms with E-state index in [2.05, 4.69) is 0 Å². The maximum atomic E-state index is 11.5. The molecule has 6 heteroatoms. The molecule has 0 bridgehead atoms. The fraction of sp³-hybridized carbons (Fsp3) is 0.455. The Bertz CT molecular complexity index is 474. The quantitative estimate of drug-likeness (QED) is 0.773. The molecule has 0 radical (unpaired) electrons. The zero-order chi connectivity index (χ0) is 12.5. The van der Waals surface area contributed by atoms with E-state index >= 15 is 0 Å². The van der Waals surface area contributed by atoms with Crippen molar-refractivity contribution in [3.8, 4) is 0 Å². The van der Waals surface area contributed by atoms with Crippen LogP contribution in [0.5, 0.6) is 0 Å². The van der Waals surface area contributed by atoms with Crippen LogP contribution in [0.15, 0.2) is 30.3 Å². The van der Waals surface area contributed by atoms with Crippen molar-refractivity contribution in [1.82, 2.24) is 0 Å². The molecule has 0 saturated carbocycles. The molecule has 1 fully saturated rings. The van der Waals surface area contributed by atoms with Crippen LogP contribution in [-0.4, -0.2) is 32.2 Å². The third kappa shape index (κ3) is 2.66. The van der Waals surface area contributed by atoms with Gasteiger partial charge in [-0.2, -0.15) is 8.42 Å². The molecule has 1 aliphatic rings.